The summed E-state index contributed by atoms with van der Waals surface area (Å²) in [6, 6.07) is 0. The molecule has 6 heteroatoms. The van der Waals surface area contributed by atoms with E-state index in [2.05, 4.69) is 16.0 Å². The van der Waals surface area contributed by atoms with Crippen molar-refractivity contribution in [2.75, 3.05) is 92.9 Å². The summed E-state index contributed by atoms with van der Waals surface area (Å²) >= 11 is 0. The van der Waals surface area contributed by atoms with Crippen molar-refractivity contribution < 1.29 is 14.0 Å². The summed E-state index contributed by atoms with van der Waals surface area (Å²) in [7, 11) is 3.57. The third-order valence-corrected chi connectivity index (χ3v) is 4.02. The molecular weight excluding hydrogens is 256 g/mol. The smallest absolute Gasteiger partial charge is 0.103 e. The van der Waals surface area contributed by atoms with E-state index in [9.17, 15) is 0 Å². The summed E-state index contributed by atoms with van der Waals surface area (Å²) in [5, 5.41) is 10.5. The van der Waals surface area contributed by atoms with Gasteiger partial charge in [-0.1, -0.05) is 0 Å². The third-order valence-electron chi connectivity index (χ3n) is 4.02. The van der Waals surface area contributed by atoms with Gasteiger partial charge in [0, 0.05) is 53.5 Å². The molecule has 0 spiro atoms. The van der Waals surface area contributed by atoms with E-state index in [1.165, 1.54) is 0 Å². The lowest BCUT2D eigenvalue weighted by molar-refractivity contribution is -0.926. The molecule has 0 aromatic heterocycles. The summed E-state index contributed by atoms with van der Waals surface area (Å²) in [5.74, 6) is 0. The van der Waals surface area contributed by atoms with Crippen molar-refractivity contribution in [2.24, 2.45) is 0 Å². The molecule has 1 aliphatic rings. The van der Waals surface area contributed by atoms with Crippen LogP contribution in [0.4, 0.5) is 0 Å². The number of quaternary nitrogens is 1. The number of hydrogen-bond donors (Lipinski definition) is 3. The first-order valence-electron chi connectivity index (χ1n) is 7.78. The molecule has 0 radical (unpaired) electrons. The molecule has 120 valence electrons. The van der Waals surface area contributed by atoms with Crippen LogP contribution in [0.15, 0.2) is 0 Å². The van der Waals surface area contributed by atoms with E-state index in [4.69, 9.17) is 9.47 Å². The van der Waals surface area contributed by atoms with Gasteiger partial charge in [-0.2, -0.15) is 0 Å². The zero-order valence-corrected chi connectivity index (χ0v) is 13.2. The standard InChI is InChI=1S/C14H33N4O2/c1-19-13-11-18(12-14-20-2)9-7-16-5-3-15-4-6-17-8-10-18/h15-17H,3-14H2,1-2H3/q+1. The second-order valence-electron chi connectivity index (χ2n) is 5.47. The number of methoxy groups -OCH3 is 2. The molecule has 0 aliphatic carbocycles. The summed E-state index contributed by atoms with van der Waals surface area (Å²) < 4.78 is 11.7. The molecule has 1 heterocycles. The van der Waals surface area contributed by atoms with E-state index in [1.54, 1.807) is 14.2 Å². The first-order chi connectivity index (χ1) is 9.83. The highest BCUT2D eigenvalue weighted by Crippen LogP contribution is 2.06. The molecule has 0 unspecified atom stereocenters. The lowest BCUT2D eigenvalue weighted by Gasteiger charge is -2.39. The second-order valence-corrected chi connectivity index (χ2v) is 5.47. The van der Waals surface area contributed by atoms with Crippen LogP contribution in [0.3, 0.4) is 0 Å². The van der Waals surface area contributed by atoms with Crippen LogP contribution in [-0.2, 0) is 9.47 Å². The summed E-state index contributed by atoms with van der Waals surface area (Å²) in [4.78, 5) is 0. The molecule has 1 saturated heterocycles. The predicted molar refractivity (Wildman–Crippen MR) is 82.1 cm³/mol. The molecule has 1 fully saturated rings. The van der Waals surface area contributed by atoms with Gasteiger partial charge in [-0.3, -0.25) is 0 Å². The van der Waals surface area contributed by atoms with Crippen molar-refractivity contribution in [1.29, 1.82) is 0 Å². The molecule has 0 aromatic rings. The highest BCUT2D eigenvalue weighted by Gasteiger charge is 2.26. The second kappa shape index (κ2) is 11.4. The van der Waals surface area contributed by atoms with Crippen molar-refractivity contribution in [3.8, 4) is 0 Å². The SMILES string of the molecule is COCC[N+]1(CCOC)CCNCCNCCNCC1. The first-order valence-corrected chi connectivity index (χ1v) is 7.78. The monoisotopic (exact) mass is 289 g/mol. The van der Waals surface area contributed by atoms with Crippen molar-refractivity contribution >= 4 is 0 Å². The van der Waals surface area contributed by atoms with E-state index in [1.807, 2.05) is 0 Å². The Morgan fingerprint density at radius 3 is 1.50 bits per heavy atom. The van der Waals surface area contributed by atoms with Gasteiger partial charge < -0.3 is 29.9 Å². The van der Waals surface area contributed by atoms with Crippen LogP contribution in [-0.4, -0.2) is 97.4 Å². The molecule has 6 nitrogen and oxygen atoms in total. The van der Waals surface area contributed by atoms with E-state index < -0.39 is 0 Å². The number of nitrogens with one attached hydrogen (secondary N) is 3. The molecule has 0 atom stereocenters. The molecule has 0 saturated carbocycles. The van der Waals surface area contributed by atoms with Crippen LogP contribution in [0.2, 0.25) is 0 Å². The van der Waals surface area contributed by atoms with E-state index in [0.717, 1.165) is 83.1 Å². The largest absolute Gasteiger partial charge is 0.379 e. The van der Waals surface area contributed by atoms with Gasteiger partial charge in [0.15, 0.2) is 0 Å². The Hall–Kier alpha value is -0.240. The van der Waals surface area contributed by atoms with Gasteiger partial charge in [0.2, 0.25) is 0 Å². The molecule has 1 aliphatic heterocycles. The number of rotatable bonds is 6. The maximum absolute atomic E-state index is 5.32. The molecule has 20 heavy (non-hydrogen) atoms. The molecular formula is C14H33N4O2+. The van der Waals surface area contributed by atoms with Gasteiger partial charge in [0.25, 0.3) is 0 Å². The minimum atomic E-state index is 0.811. The maximum Gasteiger partial charge on any atom is 0.103 e. The average molecular weight is 289 g/mol. The topological polar surface area (TPSA) is 54.6 Å². The lowest BCUT2D eigenvalue weighted by atomic mass is 10.3. The van der Waals surface area contributed by atoms with Crippen molar-refractivity contribution in [3.63, 3.8) is 0 Å². The lowest BCUT2D eigenvalue weighted by Crippen LogP contribution is -2.57. The fourth-order valence-corrected chi connectivity index (χ4v) is 2.60. The van der Waals surface area contributed by atoms with Crippen molar-refractivity contribution in [1.82, 2.24) is 16.0 Å². The maximum atomic E-state index is 5.32. The quantitative estimate of drug-likeness (QED) is 0.541. The normalized spacial score (nSPS) is 21.9. The Morgan fingerprint density at radius 2 is 1.10 bits per heavy atom. The molecule has 3 N–H and O–H groups in total. The van der Waals surface area contributed by atoms with Crippen LogP contribution >= 0.6 is 0 Å². The Morgan fingerprint density at radius 1 is 0.700 bits per heavy atom. The molecule has 0 amide bonds. The zero-order chi connectivity index (χ0) is 14.5. The van der Waals surface area contributed by atoms with Crippen LogP contribution in [0, 0.1) is 0 Å². The average Bonchev–Trinajstić information content (AvgIpc) is 2.46. The van der Waals surface area contributed by atoms with Crippen LogP contribution < -0.4 is 16.0 Å². The zero-order valence-electron chi connectivity index (χ0n) is 13.2. The number of nitrogens with zero attached hydrogens (tertiary/aromatic N) is 1. The van der Waals surface area contributed by atoms with E-state index >= 15 is 0 Å². The van der Waals surface area contributed by atoms with Gasteiger partial charge in [-0.15, -0.1) is 0 Å². The van der Waals surface area contributed by atoms with Crippen LogP contribution in [0.5, 0.6) is 0 Å². The number of hydrogen-bond acceptors (Lipinski definition) is 5. The number of ether oxygens (including phenoxy) is 2. The summed E-state index contributed by atoms with van der Waals surface area (Å²) in [6.07, 6.45) is 0. The predicted octanol–water partition coefficient (Wildman–Crippen LogP) is -1.12. The summed E-state index contributed by atoms with van der Waals surface area (Å²) in [5.41, 5.74) is 0. The Bertz CT molecular complexity index is 207. The first kappa shape index (κ1) is 17.8. The van der Waals surface area contributed by atoms with Crippen molar-refractivity contribution in [2.45, 2.75) is 0 Å². The van der Waals surface area contributed by atoms with Gasteiger partial charge in [0.1, 0.15) is 13.1 Å². The van der Waals surface area contributed by atoms with E-state index in [-0.39, 0.29) is 0 Å². The minimum Gasteiger partial charge on any atom is -0.379 e. The molecule has 0 aromatic carbocycles. The fraction of sp³-hybridized carbons (Fsp3) is 1.00. The van der Waals surface area contributed by atoms with Gasteiger partial charge in [-0.05, 0) is 0 Å². The van der Waals surface area contributed by atoms with Crippen LogP contribution in [0.25, 0.3) is 0 Å². The van der Waals surface area contributed by atoms with Crippen molar-refractivity contribution in [3.05, 3.63) is 0 Å². The Labute approximate surface area is 123 Å². The fourth-order valence-electron chi connectivity index (χ4n) is 2.60. The highest BCUT2D eigenvalue weighted by atomic mass is 16.5. The summed E-state index contributed by atoms with van der Waals surface area (Å²) in [6.45, 7) is 12.3. The minimum absolute atomic E-state index is 0.811. The third kappa shape index (κ3) is 7.52. The highest BCUT2D eigenvalue weighted by molar-refractivity contribution is 4.59. The Balaban J connectivity index is 2.55. The van der Waals surface area contributed by atoms with Gasteiger partial charge in [0.05, 0.1) is 26.3 Å². The van der Waals surface area contributed by atoms with Gasteiger partial charge >= 0.3 is 0 Å². The van der Waals surface area contributed by atoms with Gasteiger partial charge in [-0.25, -0.2) is 0 Å². The molecule has 1 rings (SSSR count). The Kier molecular flexibility index (Phi) is 10.2. The molecule has 0 bridgehead atoms. The van der Waals surface area contributed by atoms with Crippen LogP contribution in [0.1, 0.15) is 0 Å². The van der Waals surface area contributed by atoms with E-state index in [0.29, 0.717) is 0 Å².